The van der Waals surface area contributed by atoms with Crippen molar-refractivity contribution < 1.29 is 9.53 Å². The Morgan fingerprint density at radius 1 is 1.40 bits per heavy atom. The number of likely N-dealkylation sites (N-methyl/N-ethyl adjacent to an activating group) is 1. The zero-order chi connectivity index (χ0) is 14.5. The maximum absolute atomic E-state index is 12.1. The molecule has 1 unspecified atom stereocenters. The largest absolute Gasteiger partial charge is 0.492 e. The summed E-state index contributed by atoms with van der Waals surface area (Å²) in [6, 6.07) is 7.39. The summed E-state index contributed by atoms with van der Waals surface area (Å²) >= 11 is 0. The molecule has 0 bridgehead atoms. The second-order valence-electron chi connectivity index (χ2n) is 5.34. The van der Waals surface area contributed by atoms with Crippen molar-refractivity contribution in [2.45, 2.75) is 18.9 Å². The molecule has 2 rings (SSSR count). The summed E-state index contributed by atoms with van der Waals surface area (Å²) in [5, 5.41) is 0. The molecule has 110 valence electrons. The fourth-order valence-electron chi connectivity index (χ4n) is 2.52. The van der Waals surface area contributed by atoms with Gasteiger partial charge in [0.15, 0.2) is 0 Å². The van der Waals surface area contributed by atoms with Crippen molar-refractivity contribution >= 4 is 11.6 Å². The van der Waals surface area contributed by atoms with E-state index >= 15 is 0 Å². The number of nitrogen functional groups attached to an aromatic ring is 1. The Balaban J connectivity index is 1.81. The Kier molecular flexibility index (Phi) is 4.84. The molecular weight excluding hydrogens is 254 g/mol. The van der Waals surface area contributed by atoms with Crippen LogP contribution in [0.3, 0.4) is 0 Å². The summed E-state index contributed by atoms with van der Waals surface area (Å²) in [6.45, 7) is 2.32. The van der Waals surface area contributed by atoms with Crippen LogP contribution in [-0.2, 0) is 4.79 Å². The van der Waals surface area contributed by atoms with Crippen LogP contribution < -0.4 is 10.5 Å². The topological polar surface area (TPSA) is 58.8 Å². The highest BCUT2D eigenvalue weighted by Crippen LogP contribution is 2.19. The molecule has 0 aromatic heterocycles. The average molecular weight is 277 g/mol. The lowest BCUT2D eigenvalue weighted by molar-refractivity contribution is -0.133. The monoisotopic (exact) mass is 277 g/mol. The molecule has 5 nitrogen and oxygen atoms in total. The van der Waals surface area contributed by atoms with Crippen LogP contribution in [0.5, 0.6) is 5.75 Å². The first kappa shape index (κ1) is 14.7. The molecule has 0 radical (unpaired) electrons. The zero-order valence-corrected chi connectivity index (χ0v) is 12.2. The van der Waals surface area contributed by atoms with E-state index in [4.69, 9.17) is 10.5 Å². The van der Waals surface area contributed by atoms with E-state index in [0.717, 1.165) is 37.4 Å². The van der Waals surface area contributed by atoms with Gasteiger partial charge >= 0.3 is 0 Å². The molecule has 1 aliphatic heterocycles. The summed E-state index contributed by atoms with van der Waals surface area (Å²) in [5.41, 5.74) is 6.36. The molecule has 1 heterocycles. The standard InChI is InChI=1S/C15H23N3O2/c1-17(2)15(19)14-4-3-9-18(14)10-11-20-13-7-5-12(16)6-8-13/h5-8,14H,3-4,9-11,16H2,1-2H3. The number of nitrogens with zero attached hydrogens (tertiary/aromatic N) is 2. The Morgan fingerprint density at radius 3 is 2.75 bits per heavy atom. The number of hydrogen-bond acceptors (Lipinski definition) is 4. The van der Waals surface area contributed by atoms with Crippen LogP contribution in [-0.4, -0.2) is 55.5 Å². The number of benzene rings is 1. The van der Waals surface area contributed by atoms with Gasteiger partial charge in [0.2, 0.25) is 5.91 Å². The number of anilines is 1. The van der Waals surface area contributed by atoms with Gasteiger partial charge in [-0.15, -0.1) is 0 Å². The van der Waals surface area contributed by atoms with E-state index < -0.39 is 0 Å². The SMILES string of the molecule is CN(C)C(=O)C1CCCN1CCOc1ccc(N)cc1. The fourth-order valence-corrected chi connectivity index (χ4v) is 2.52. The van der Waals surface area contributed by atoms with Gasteiger partial charge in [-0.2, -0.15) is 0 Å². The van der Waals surface area contributed by atoms with Crippen molar-refractivity contribution in [1.82, 2.24) is 9.80 Å². The van der Waals surface area contributed by atoms with E-state index in [1.54, 1.807) is 4.90 Å². The van der Waals surface area contributed by atoms with E-state index in [2.05, 4.69) is 4.90 Å². The number of ether oxygens (including phenoxy) is 1. The molecule has 20 heavy (non-hydrogen) atoms. The van der Waals surface area contributed by atoms with Gasteiger partial charge in [-0.3, -0.25) is 9.69 Å². The maximum atomic E-state index is 12.1. The van der Waals surface area contributed by atoms with Crippen molar-refractivity contribution in [3.63, 3.8) is 0 Å². The quantitative estimate of drug-likeness (QED) is 0.822. The van der Waals surface area contributed by atoms with Crippen LogP contribution in [0.2, 0.25) is 0 Å². The van der Waals surface area contributed by atoms with Gasteiger partial charge in [0.1, 0.15) is 12.4 Å². The lowest BCUT2D eigenvalue weighted by Gasteiger charge is -2.25. The third-order valence-corrected chi connectivity index (χ3v) is 3.62. The molecule has 5 heteroatoms. The summed E-state index contributed by atoms with van der Waals surface area (Å²) in [6.07, 6.45) is 2.02. The van der Waals surface area contributed by atoms with E-state index in [0.29, 0.717) is 6.61 Å². The molecule has 0 spiro atoms. The zero-order valence-electron chi connectivity index (χ0n) is 12.2. The first-order valence-electron chi connectivity index (χ1n) is 7.01. The maximum Gasteiger partial charge on any atom is 0.239 e. The Bertz CT molecular complexity index is 445. The lowest BCUT2D eigenvalue weighted by Crippen LogP contribution is -2.44. The predicted octanol–water partition coefficient (Wildman–Crippen LogP) is 1.20. The fraction of sp³-hybridized carbons (Fsp3) is 0.533. The number of carbonyl (C=O) groups excluding carboxylic acids is 1. The number of likely N-dealkylation sites (tertiary alicyclic amines) is 1. The number of carbonyl (C=O) groups is 1. The molecular formula is C15H23N3O2. The number of amides is 1. The molecule has 1 saturated heterocycles. The van der Waals surface area contributed by atoms with Gasteiger partial charge in [-0.25, -0.2) is 0 Å². The third kappa shape index (κ3) is 3.63. The Hall–Kier alpha value is -1.75. The summed E-state index contributed by atoms with van der Waals surface area (Å²) in [4.78, 5) is 15.9. The van der Waals surface area contributed by atoms with Crippen LogP contribution in [0.15, 0.2) is 24.3 Å². The number of hydrogen-bond donors (Lipinski definition) is 1. The molecule has 1 atom stereocenters. The van der Waals surface area contributed by atoms with E-state index in [-0.39, 0.29) is 11.9 Å². The second kappa shape index (κ2) is 6.61. The molecule has 2 N–H and O–H groups in total. The highest BCUT2D eigenvalue weighted by molar-refractivity contribution is 5.81. The molecule has 1 aliphatic rings. The molecule has 1 aromatic carbocycles. The van der Waals surface area contributed by atoms with Crippen molar-refractivity contribution in [2.24, 2.45) is 0 Å². The van der Waals surface area contributed by atoms with Crippen LogP contribution in [0, 0.1) is 0 Å². The van der Waals surface area contributed by atoms with E-state index in [9.17, 15) is 4.79 Å². The lowest BCUT2D eigenvalue weighted by atomic mass is 10.2. The molecule has 1 aromatic rings. The highest BCUT2D eigenvalue weighted by Gasteiger charge is 2.31. The first-order valence-corrected chi connectivity index (χ1v) is 7.01. The minimum atomic E-state index is 0.0139. The van der Waals surface area contributed by atoms with Gasteiger partial charge in [0.05, 0.1) is 6.04 Å². The third-order valence-electron chi connectivity index (χ3n) is 3.62. The van der Waals surface area contributed by atoms with Crippen molar-refractivity contribution in [3.8, 4) is 5.75 Å². The van der Waals surface area contributed by atoms with Crippen molar-refractivity contribution in [1.29, 1.82) is 0 Å². The van der Waals surface area contributed by atoms with Gasteiger partial charge in [-0.1, -0.05) is 0 Å². The molecule has 1 fully saturated rings. The summed E-state index contributed by atoms with van der Waals surface area (Å²) < 4.78 is 5.69. The Labute approximate surface area is 120 Å². The minimum Gasteiger partial charge on any atom is -0.492 e. The highest BCUT2D eigenvalue weighted by atomic mass is 16.5. The Morgan fingerprint density at radius 2 is 2.10 bits per heavy atom. The summed E-state index contributed by atoms with van der Waals surface area (Å²) in [7, 11) is 3.62. The van der Waals surface area contributed by atoms with E-state index in [1.807, 2.05) is 38.4 Å². The van der Waals surface area contributed by atoms with Gasteiger partial charge in [0, 0.05) is 26.3 Å². The van der Waals surface area contributed by atoms with Crippen LogP contribution >= 0.6 is 0 Å². The minimum absolute atomic E-state index is 0.0139. The normalized spacial score (nSPS) is 19.0. The van der Waals surface area contributed by atoms with Crippen molar-refractivity contribution in [2.75, 3.05) is 39.5 Å². The predicted molar refractivity (Wildman–Crippen MR) is 79.6 cm³/mol. The van der Waals surface area contributed by atoms with E-state index in [1.165, 1.54) is 0 Å². The number of rotatable bonds is 5. The molecule has 0 aliphatic carbocycles. The van der Waals surface area contributed by atoms with Crippen LogP contribution in [0.25, 0.3) is 0 Å². The second-order valence-corrected chi connectivity index (χ2v) is 5.34. The van der Waals surface area contributed by atoms with Crippen molar-refractivity contribution in [3.05, 3.63) is 24.3 Å². The smallest absolute Gasteiger partial charge is 0.239 e. The molecule has 1 amide bonds. The van der Waals surface area contributed by atoms with Gasteiger partial charge < -0.3 is 15.4 Å². The summed E-state index contributed by atoms with van der Waals surface area (Å²) in [5.74, 6) is 1.00. The van der Waals surface area contributed by atoms with Gasteiger partial charge in [-0.05, 0) is 43.7 Å². The van der Waals surface area contributed by atoms with Gasteiger partial charge in [0.25, 0.3) is 0 Å². The average Bonchev–Trinajstić information content (AvgIpc) is 2.88. The van der Waals surface area contributed by atoms with Crippen LogP contribution in [0.1, 0.15) is 12.8 Å². The first-order chi connectivity index (χ1) is 9.58. The number of nitrogens with two attached hydrogens (primary N) is 1. The van der Waals surface area contributed by atoms with Crippen LogP contribution in [0.4, 0.5) is 5.69 Å². The molecule has 0 saturated carbocycles.